The predicted octanol–water partition coefficient (Wildman–Crippen LogP) is 1.19. The van der Waals surface area contributed by atoms with Gasteiger partial charge in [0.15, 0.2) is 53.5 Å². The number of rotatable bonds is 13. The maximum atomic E-state index is 14.6. The molecule has 4 rings (SSSR count). The van der Waals surface area contributed by atoms with Crippen LogP contribution in [0.25, 0.3) is 6.08 Å². The van der Waals surface area contributed by atoms with Crippen molar-refractivity contribution in [3.63, 3.8) is 0 Å². The summed E-state index contributed by atoms with van der Waals surface area (Å²) in [5.74, 6) is -7.84. The Bertz CT molecular complexity index is 1860. The highest BCUT2D eigenvalue weighted by Crippen LogP contribution is 2.41. The van der Waals surface area contributed by atoms with Crippen LogP contribution in [-0.4, -0.2) is 137 Å². The fraction of sp³-hybridized carbons (Fsp3) is 0.556. The van der Waals surface area contributed by atoms with Crippen molar-refractivity contribution in [1.29, 1.82) is 0 Å². The average molecular weight is 871 g/mol. The summed E-state index contributed by atoms with van der Waals surface area (Å²) in [6, 6.07) is 3.40. The summed E-state index contributed by atoms with van der Waals surface area (Å²) in [5.41, 5.74) is -1.73. The zero-order valence-corrected chi connectivity index (χ0v) is 34.6. The van der Waals surface area contributed by atoms with Gasteiger partial charge in [-0.05, 0) is 17.5 Å². The first-order chi connectivity index (χ1) is 27.7. The lowest BCUT2D eigenvalue weighted by molar-refractivity contribution is -0.268. The molecule has 1 aromatic heterocycles. The third-order valence-corrected chi connectivity index (χ3v) is 10.0. The van der Waals surface area contributed by atoms with Crippen molar-refractivity contribution in [2.75, 3.05) is 13.2 Å². The van der Waals surface area contributed by atoms with Crippen LogP contribution in [0.3, 0.4) is 0 Å². The van der Waals surface area contributed by atoms with Gasteiger partial charge < -0.3 is 47.4 Å². The largest absolute Gasteiger partial charge is 0.463 e. The van der Waals surface area contributed by atoms with Gasteiger partial charge in [-0.1, -0.05) is 17.8 Å². The standard InChI is InChI=1S/C36H42N2O19S2/c1-15(39)48-13-25-27(50-17(3)41)29(52-19(5)43)31(54-21(7)45)34(56-25)38-33(47)24(12-23-10-9-11-58-23)37-36(38)59-35-32(55-22(8)46)30(53-20(6)44)28(51-18(4)42)26(57-35)14-49-16(2)40/h9-12,25-32,34-35H,13-14H2,1-8H3/b24-12-/t25-,26-,27-,28-,29+,30+,31-,32-,34-,35+/m1/s1. The topological polar surface area (TPSA) is 262 Å². The lowest BCUT2D eigenvalue weighted by Gasteiger charge is -2.47. The highest BCUT2D eigenvalue weighted by atomic mass is 32.2. The first kappa shape index (κ1) is 46.3. The molecule has 2 saturated heterocycles. The second-order valence-electron chi connectivity index (χ2n) is 12.9. The molecule has 0 aliphatic carbocycles. The van der Waals surface area contributed by atoms with Crippen molar-refractivity contribution in [3.05, 3.63) is 28.1 Å². The van der Waals surface area contributed by atoms with Gasteiger partial charge in [0.1, 0.15) is 31.1 Å². The predicted molar refractivity (Wildman–Crippen MR) is 198 cm³/mol. The highest BCUT2D eigenvalue weighted by molar-refractivity contribution is 8.14. The maximum absolute atomic E-state index is 14.6. The molecule has 0 bridgehead atoms. The van der Waals surface area contributed by atoms with E-state index in [0.29, 0.717) is 16.6 Å². The smallest absolute Gasteiger partial charge is 0.303 e. The summed E-state index contributed by atoms with van der Waals surface area (Å²) in [4.78, 5) is 119. The van der Waals surface area contributed by atoms with Gasteiger partial charge in [-0.15, -0.1) is 11.3 Å². The van der Waals surface area contributed by atoms with Crippen LogP contribution in [0, 0.1) is 0 Å². The number of carbonyl (C=O) groups is 9. The molecule has 4 heterocycles. The Hall–Kier alpha value is -5.39. The number of thioether (sulfide) groups is 1. The summed E-state index contributed by atoms with van der Waals surface area (Å²) < 4.78 is 56.2. The van der Waals surface area contributed by atoms with Gasteiger partial charge in [-0.25, -0.2) is 4.99 Å². The Morgan fingerprint density at radius 1 is 0.644 bits per heavy atom. The number of ether oxygens (including phenoxy) is 10. The van der Waals surface area contributed by atoms with E-state index in [0.717, 1.165) is 60.3 Å². The fourth-order valence-corrected chi connectivity index (χ4v) is 7.98. The van der Waals surface area contributed by atoms with Gasteiger partial charge in [-0.2, -0.15) is 0 Å². The summed E-state index contributed by atoms with van der Waals surface area (Å²) in [7, 11) is 0. The highest BCUT2D eigenvalue weighted by Gasteiger charge is 2.58. The summed E-state index contributed by atoms with van der Waals surface area (Å²) in [5, 5.41) is 1.44. The van der Waals surface area contributed by atoms with E-state index < -0.39 is 127 Å². The molecule has 3 aliphatic heterocycles. The SMILES string of the molecule is CC(=O)OC[C@H]1O[C@@H](N2C(=O)/C(=C/c3cccs3)N=C2S[C@@H]2O[C@H](COC(C)=O)[C@@H](OC(C)=O)[C@H](OC(C)=O)[C@H]2OC(C)=O)[C@H](OC(C)=O)[C@@H](OC(C)=O)[C@@H]1OC(C)=O. The Labute approximate surface area is 344 Å². The first-order valence-electron chi connectivity index (χ1n) is 17.7. The second-order valence-corrected chi connectivity index (χ2v) is 14.9. The molecule has 0 aromatic carbocycles. The van der Waals surface area contributed by atoms with E-state index in [1.165, 1.54) is 17.4 Å². The van der Waals surface area contributed by atoms with Gasteiger partial charge in [0.25, 0.3) is 5.91 Å². The number of amidine groups is 1. The lowest BCUT2D eigenvalue weighted by atomic mass is 9.96. The van der Waals surface area contributed by atoms with Crippen molar-refractivity contribution in [2.24, 2.45) is 4.99 Å². The van der Waals surface area contributed by atoms with Crippen LogP contribution in [-0.2, 0) is 90.5 Å². The molecular formula is C36H42N2O19S2. The number of carbonyl (C=O) groups excluding carboxylic acids is 9. The molecule has 1 amide bonds. The van der Waals surface area contributed by atoms with Crippen molar-refractivity contribution in [1.82, 2.24) is 4.90 Å². The van der Waals surface area contributed by atoms with Gasteiger partial charge in [-0.3, -0.25) is 48.1 Å². The molecule has 0 spiro atoms. The van der Waals surface area contributed by atoms with Crippen LogP contribution >= 0.6 is 23.1 Å². The molecule has 3 aliphatic rings. The zero-order chi connectivity index (χ0) is 43.7. The van der Waals surface area contributed by atoms with Crippen molar-refractivity contribution < 1.29 is 90.5 Å². The third-order valence-electron chi connectivity index (χ3n) is 8.07. The van der Waals surface area contributed by atoms with E-state index >= 15 is 0 Å². The molecule has 23 heteroatoms. The molecular weight excluding hydrogens is 829 g/mol. The molecule has 0 unspecified atom stereocenters. The van der Waals surface area contributed by atoms with E-state index in [-0.39, 0.29) is 10.9 Å². The zero-order valence-electron chi connectivity index (χ0n) is 33.0. The van der Waals surface area contributed by atoms with Gasteiger partial charge in [0, 0.05) is 60.3 Å². The first-order valence-corrected chi connectivity index (χ1v) is 19.5. The van der Waals surface area contributed by atoms with Gasteiger partial charge in [0.05, 0.1) is 0 Å². The van der Waals surface area contributed by atoms with Crippen molar-refractivity contribution >= 4 is 88.0 Å². The molecule has 21 nitrogen and oxygen atoms in total. The van der Waals surface area contributed by atoms with E-state index in [1.807, 2.05) is 0 Å². The third kappa shape index (κ3) is 12.6. The van der Waals surface area contributed by atoms with E-state index in [4.69, 9.17) is 47.4 Å². The van der Waals surface area contributed by atoms with Crippen molar-refractivity contribution in [2.45, 2.75) is 116 Å². The Morgan fingerprint density at radius 2 is 1.08 bits per heavy atom. The summed E-state index contributed by atoms with van der Waals surface area (Å²) in [6.07, 6.45) is -13.0. The average Bonchev–Trinajstić information content (AvgIpc) is 3.73. The molecule has 59 heavy (non-hydrogen) atoms. The van der Waals surface area contributed by atoms with E-state index in [9.17, 15) is 43.2 Å². The fourth-order valence-electron chi connectivity index (χ4n) is 6.13. The minimum Gasteiger partial charge on any atom is -0.463 e. The molecule has 0 radical (unpaired) electrons. The Balaban J connectivity index is 1.92. The maximum Gasteiger partial charge on any atom is 0.303 e. The number of hydrogen-bond acceptors (Lipinski definition) is 22. The minimum absolute atomic E-state index is 0.214. The van der Waals surface area contributed by atoms with Crippen LogP contribution < -0.4 is 0 Å². The molecule has 0 N–H and O–H groups in total. The van der Waals surface area contributed by atoms with Crippen LogP contribution in [0.2, 0.25) is 0 Å². The van der Waals surface area contributed by atoms with Crippen LogP contribution in [0.1, 0.15) is 60.3 Å². The number of aliphatic imine (C=N–C) groups is 1. The van der Waals surface area contributed by atoms with E-state index in [1.54, 1.807) is 17.5 Å². The van der Waals surface area contributed by atoms with Crippen LogP contribution in [0.4, 0.5) is 0 Å². The van der Waals surface area contributed by atoms with Crippen LogP contribution in [0.15, 0.2) is 28.2 Å². The molecule has 0 saturated carbocycles. The van der Waals surface area contributed by atoms with Crippen molar-refractivity contribution in [3.8, 4) is 0 Å². The van der Waals surface area contributed by atoms with E-state index in [2.05, 4.69) is 4.99 Å². The Kier molecular flexibility index (Phi) is 16.1. The second kappa shape index (κ2) is 20.5. The molecule has 322 valence electrons. The number of esters is 8. The number of hydrogen-bond donors (Lipinski definition) is 0. The number of nitrogens with zero attached hydrogens (tertiary/aromatic N) is 2. The summed E-state index contributed by atoms with van der Waals surface area (Å²) in [6.45, 7) is 7.24. The lowest BCUT2D eigenvalue weighted by Crippen LogP contribution is -2.67. The normalized spacial score (nSPS) is 28.4. The number of amides is 1. The molecule has 10 atom stereocenters. The van der Waals surface area contributed by atoms with Crippen LogP contribution in [0.5, 0.6) is 0 Å². The quantitative estimate of drug-likeness (QED) is 0.153. The summed E-state index contributed by atoms with van der Waals surface area (Å²) >= 11 is 1.86. The number of thiophene rings is 1. The molecule has 2 fully saturated rings. The van der Waals surface area contributed by atoms with Gasteiger partial charge >= 0.3 is 47.8 Å². The molecule has 1 aromatic rings. The van der Waals surface area contributed by atoms with Gasteiger partial charge in [0.2, 0.25) is 0 Å². The Morgan fingerprint density at radius 3 is 1.54 bits per heavy atom. The monoisotopic (exact) mass is 870 g/mol. The minimum atomic E-state index is -1.80.